The molecule has 1 aromatic heterocycles. The van der Waals surface area contributed by atoms with Gasteiger partial charge >= 0.3 is 0 Å². The molecule has 1 amide bonds. The third-order valence-electron chi connectivity index (χ3n) is 2.13. The minimum atomic E-state index is 0.0622. The van der Waals surface area contributed by atoms with Crippen LogP contribution in [-0.4, -0.2) is 40.4 Å². The summed E-state index contributed by atoms with van der Waals surface area (Å²) in [6.07, 6.45) is 3.41. The van der Waals surface area contributed by atoms with Crippen molar-refractivity contribution in [1.82, 2.24) is 14.9 Å². The molecule has 6 heteroatoms. The van der Waals surface area contributed by atoms with E-state index in [0.717, 1.165) is 16.7 Å². The van der Waals surface area contributed by atoms with Gasteiger partial charge in [-0.1, -0.05) is 0 Å². The first kappa shape index (κ1) is 13.1. The summed E-state index contributed by atoms with van der Waals surface area (Å²) in [5.74, 6) is 0.549. The van der Waals surface area contributed by atoms with Gasteiger partial charge in [-0.15, -0.1) is 0 Å². The lowest BCUT2D eigenvalue weighted by molar-refractivity contribution is -0.128. The van der Waals surface area contributed by atoms with E-state index in [-0.39, 0.29) is 12.5 Å². The summed E-state index contributed by atoms with van der Waals surface area (Å²) >= 11 is 2.13. The van der Waals surface area contributed by atoms with Crippen molar-refractivity contribution in [2.75, 3.05) is 25.0 Å². The predicted octanol–water partition coefficient (Wildman–Crippen LogP) is 1.36. The first-order valence-electron chi connectivity index (χ1n) is 5.16. The van der Waals surface area contributed by atoms with Gasteiger partial charge in [0.05, 0.1) is 6.54 Å². The number of hydrogen-bond donors (Lipinski definition) is 1. The number of hydrogen-bond acceptors (Lipinski definition) is 4. The highest BCUT2D eigenvalue weighted by molar-refractivity contribution is 14.1. The quantitative estimate of drug-likeness (QED) is 0.826. The molecule has 0 bridgehead atoms. The van der Waals surface area contributed by atoms with E-state index in [1.807, 2.05) is 13.8 Å². The van der Waals surface area contributed by atoms with Crippen molar-refractivity contribution in [3.8, 4) is 0 Å². The zero-order chi connectivity index (χ0) is 12.0. The second kappa shape index (κ2) is 6.62. The Kier molecular flexibility index (Phi) is 5.44. The number of anilines is 1. The monoisotopic (exact) mass is 334 g/mol. The Bertz CT molecular complexity index is 337. The van der Waals surface area contributed by atoms with Crippen molar-refractivity contribution in [3.05, 3.63) is 16.0 Å². The highest BCUT2D eigenvalue weighted by atomic mass is 127. The molecule has 0 fully saturated rings. The second-order valence-corrected chi connectivity index (χ2v) is 4.39. The molecule has 0 spiro atoms. The Hall–Kier alpha value is -0.920. The number of aromatic nitrogens is 2. The lowest BCUT2D eigenvalue weighted by Gasteiger charge is -2.18. The van der Waals surface area contributed by atoms with Crippen molar-refractivity contribution in [1.29, 1.82) is 0 Å². The topological polar surface area (TPSA) is 58.1 Å². The van der Waals surface area contributed by atoms with Crippen molar-refractivity contribution in [2.24, 2.45) is 0 Å². The van der Waals surface area contributed by atoms with Crippen LogP contribution in [0.25, 0.3) is 0 Å². The van der Waals surface area contributed by atoms with E-state index in [0.29, 0.717) is 5.95 Å². The minimum Gasteiger partial charge on any atom is -0.345 e. The average Bonchev–Trinajstić information content (AvgIpc) is 2.30. The van der Waals surface area contributed by atoms with Crippen LogP contribution in [0.3, 0.4) is 0 Å². The molecule has 0 aliphatic rings. The van der Waals surface area contributed by atoms with E-state index in [1.54, 1.807) is 17.3 Å². The molecule has 0 radical (unpaired) electrons. The van der Waals surface area contributed by atoms with Gasteiger partial charge in [-0.3, -0.25) is 4.79 Å². The van der Waals surface area contributed by atoms with Gasteiger partial charge in [-0.2, -0.15) is 0 Å². The normalized spacial score (nSPS) is 9.94. The van der Waals surface area contributed by atoms with Crippen LogP contribution < -0.4 is 5.32 Å². The molecule has 0 aliphatic heterocycles. The molecular formula is C10H15IN4O. The Morgan fingerprint density at radius 3 is 2.44 bits per heavy atom. The van der Waals surface area contributed by atoms with Gasteiger partial charge in [-0.25, -0.2) is 9.97 Å². The van der Waals surface area contributed by atoms with E-state index in [9.17, 15) is 4.79 Å². The first-order chi connectivity index (χ1) is 7.67. The van der Waals surface area contributed by atoms with E-state index in [4.69, 9.17) is 0 Å². The molecule has 1 heterocycles. The number of nitrogens with zero attached hydrogens (tertiary/aromatic N) is 3. The molecule has 1 aromatic rings. The number of amides is 1. The fourth-order valence-electron chi connectivity index (χ4n) is 1.25. The summed E-state index contributed by atoms with van der Waals surface area (Å²) in [6.45, 7) is 5.61. The van der Waals surface area contributed by atoms with E-state index in [2.05, 4.69) is 37.9 Å². The van der Waals surface area contributed by atoms with Crippen LogP contribution in [0.15, 0.2) is 12.4 Å². The minimum absolute atomic E-state index is 0.0622. The van der Waals surface area contributed by atoms with Crippen molar-refractivity contribution in [2.45, 2.75) is 13.8 Å². The number of carbonyl (C=O) groups excluding carboxylic acids is 1. The predicted molar refractivity (Wildman–Crippen MR) is 71.2 cm³/mol. The Morgan fingerprint density at radius 1 is 1.38 bits per heavy atom. The average molecular weight is 334 g/mol. The Balaban J connectivity index is 2.45. The molecule has 0 aliphatic carbocycles. The van der Waals surface area contributed by atoms with Crippen LogP contribution in [0.1, 0.15) is 13.8 Å². The van der Waals surface area contributed by atoms with Gasteiger partial charge in [0.25, 0.3) is 0 Å². The van der Waals surface area contributed by atoms with Gasteiger partial charge in [0.1, 0.15) is 0 Å². The van der Waals surface area contributed by atoms with Crippen molar-refractivity contribution < 1.29 is 4.79 Å². The fraction of sp³-hybridized carbons (Fsp3) is 0.500. The molecule has 0 unspecified atom stereocenters. The smallest absolute Gasteiger partial charge is 0.241 e. The van der Waals surface area contributed by atoms with Gasteiger partial charge < -0.3 is 10.2 Å². The maximum atomic E-state index is 11.7. The summed E-state index contributed by atoms with van der Waals surface area (Å²) in [7, 11) is 0. The second-order valence-electron chi connectivity index (χ2n) is 3.14. The lowest BCUT2D eigenvalue weighted by Crippen LogP contribution is -2.35. The number of halogens is 1. The van der Waals surface area contributed by atoms with Gasteiger partial charge in [0.15, 0.2) is 0 Å². The third-order valence-corrected chi connectivity index (χ3v) is 2.69. The largest absolute Gasteiger partial charge is 0.345 e. The molecule has 1 rings (SSSR count). The van der Waals surface area contributed by atoms with Crippen LogP contribution in [0.4, 0.5) is 5.95 Å². The molecule has 0 atom stereocenters. The number of carbonyl (C=O) groups is 1. The Labute approximate surface area is 109 Å². The number of likely N-dealkylation sites (N-methyl/N-ethyl adjacent to an activating group) is 1. The SMILES string of the molecule is CCN(CC)C(=O)CNc1ncc(I)cn1. The Morgan fingerprint density at radius 2 is 1.94 bits per heavy atom. The van der Waals surface area contributed by atoms with Gasteiger partial charge in [0.2, 0.25) is 11.9 Å². The van der Waals surface area contributed by atoms with Gasteiger partial charge in [-0.05, 0) is 36.4 Å². The molecule has 0 saturated carbocycles. The summed E-state index contributed by atoms with van der Waals surface area (Å²) in [5, 5.41) is 2.90. The van der Waals surface area contributed by atoms with Crippen LogP contribution in [0.2, 0.25) is 0 Å². The summed E-state index contributed by atoms with van der Waals surface area (Å²) in [4.78, 5) is 21.5. The number of nitrogens with one attached hydrogen (secondary N) is 1. The fourth-order valence-corrected chi connectivity index (χ4v) is 1.52. The lowest BCUT2D eigenvalue weighted by atomic mass is 10.4. The van der Waals surface area contributed by atoms with Crippen LogP contribution >= 0.6 is 22.6 Å². The standard InChI is InChI=1S/C10H15IN4O/c1-3-15(4-2)9(16)7-14-10-12-5-8(11)6-13-10/h5-6H,3-4,7H2,1-2H3,(H,12,13,14). The molecule has 0 aromatic carbocycles. The molecular weight excluding hydrogens is 319 g/mol. The van der Waals surface area contributed by atoms with Crippen LogP contribution in [-0.2, 0) is 4.79 Å². The molecule has 0 saturated heterocycles. The van der Waals surface area contributed by atoms with Crippen LogP contribution in [0.5, 0.6) is 0 Å². The zero-order valence-corrected chi connectivity index (χ0v) is 11.6. The van der Waals surface area contributed by atoms with Gasteiger partial charge in [0, 0.05) is 29.1 Å². The first-order valence-corrected chi connectivity index (χ1v) is 6.24. The highest BCUT2D eigenvalue weighted by Crippen LogP contribution is 2.02. The molecule has 5 nitrogen and oxygen atoms in total. The van der Waals surface area contributed by atoms with E-state index < -0.39 is 0 Å². The summed E-state index contributed by atoms with van der Waals surface area (Å²) < 4.78 is 0.971. The van der Waals surface area contributed by atoms with Crippen molar-refractivity contribution in [3.63, 3.8) is 0 Å². The molecule has 88 valence electrons. The highest BCUT2D eigenvalue weighted by Gasteiger charge is 2.09. The summed E-state index contributed by atoms with van der Waals surface area (Å²) in [6, 6.07) is 0. The van der Waals surface area contributed by atoms with E-state index >= 15 is 0 Å². The van der Waals surface area contributed by atoms with E-state index in [1.165, 1.54) is 0 Å². The molecule has 1 N–H and O–H groups in total. The van der Waals surface area contributed by atoms with Crippen LogP contribution in [0, 0.1) is 3.57 Å². The summed E-state index contributed by atoms with van der Waals surface area (Å²) in [5.41, 5.74) is 0. The molecule has 16 heavy (non-hydrogen) atoms. The maximum Gasteiger partial charge on any atom is 0.241 e. The maximum absolute atomic E-state index is 11.7. The number of rotatable bonds is 5. The zero-order valence-electron chi connectivity index (χ0n) is 9.40. The van der Waals surface area contributed by atoms with Crippen molar-refractivity contribution >= 4 is 34.4 Å². The third kappa shape index (κ3) is 3.92.